The maximum Gasteiger partial charge on any atom is 0.433 e. The number of nitrogens with zero attached hydrogens (tertiary/aromatic N) is 1. The molecule has 1 aliphatic rings. The van der Waals surface area contributed by atoms with E-state index in [-0.39, 0.29) is 23.4 Å². The molecule has 0 aliphatic heterocycles. The van der Waals surface area contributed by atoms with Crippen LogP contribution in [0.5, 0.6) is 0 Å². The van der Waals surface area contributed by atoms with Gasteiger partial charge in [0, 0.05) is 13.2 Å². The van der Waals surface area contributed by atoms with Crippen molar-refractivity contribution in [2.24, 2.45) is 5.41 Å². The van der Waals surface area contributed by atoms with Crippen LogP contribution >= 0.6 is 0 Å². The van der Waals surface area contributed by atoms with E-state index >= 15 is 0 Å². The molecule has 0 atom stereocenters. The van der Waals surface area contributed by atoms with Crippen LogP contribution in [0.1, 0.15) is 35.3 Å². The van der Waals surface area contributed by atoms with Crippen molar-refractivity contribution in [2.45, 2.75) is 25.4 Å². The zero-order valence-electron chi connectivity index (χ0n) is 11.1. The number of pyridine rings is 1. The number of alkyl halides is 3. The second-order valence-corrected chi connectivity index (χ2v) is 5.22. The van der Waals surface area contributed by atoms with Crippen molar-refractivity contribution in [3.05, 3.63) is 23.4 Å². The molecule has 1 aromatic heterocycles. The monoisotopic (exact) mass is 304 g/mol. The first-order chi connectivity index (χ1) is 9.77. The van der Waals surface area contributed by atoms with Crippen molar-refractivity contribution in [2.75, 3.05) is 18.5 Å². The van der Waals surface area contributed by atoms with E-state index in [2.05, 4.69) is 10.3 Å². The number of halogens is 3. The number of carboxylic acid groups (broad SMARTS) is 1. The summed E-state index contributed by atoms with van der Waals surface area (Å²) in [5.74, 6) is -1.63. The molecule has 0 spiro atoms. The molecule has 0 bridgehead atoms. The third kappa shape index (κ3) is 3.63. The lowest BCUT2D eigenvalue weighted by Crippen LogP contribution is -2.20. The van der Waals surface area contributed by atoms with Crippen LogP contribution in [0.4, 0.5) is 19.0 Å². The first kappa shape index (κ1) is 15.6. The Bertz CT molecular complexity index is 542. The number of aliphatic hydroxyl groups is 1. The number of hydrogen-bond donors (Lipinski definition) is 3. The van der Waals surface area contributed by atoms with E-state index in [4.69, 9.17) is 10.2 Å². The van der Waals surface area contributed by atoms with Gasteiger partial charge in [-0.05, 0) is 36.8 Å². The quantitative estimate of drug-likeness (QED) is 0.751. The normalized spacial score (nSPS) is 16.6. The van der Waals surface area contributed by atoms with E-state index in [1.54, 1.807) is 0 Å². The van der Waals surface area contributed by atoms with Crippen LogP contribution in [-0.2, 0) is 6.18 Å². The van der Waals surface area contributed by atoms with Crippen molar-refractivity contribution in [1.29, 1.82) is 0 Å². The van der Waals surface area contributed by atoms with Crippen molar-refractivity contribution in [1.82, 2.24) is 4.98 Å². The van der Waals surface area contributed by atoms with Gasteiger partial charge in [-0.25, -0.2) is 9.78 Å². The molecule has 0 radical (unpaired) electrons. The van der Waals surface area contributed by atoms with Crippen LogP contribution in [0, 0.1) is 5.41 Å². The van der Waals surface area contributed by atoms with Gasteiger partial charge in [0.1, 0.15) is 17.1 Å². The molecule has 1 aromatic rings. The van der Waals surface area contributed by atoms with Gasteiger partial charge in [-0.3, -0.25) is 0 Å². The number of carboxylic acids is 1. The highest BCUT2D eigenvalue weighted by atomic mass is 19.4. The summed E-state index contributed by atoms with van der Waals surface area (Å²) >= 11 is 0. The fourth-order valence-electron chi connectivity index (χ4n) is 2.12. The van der Waals surface area contributed by atoms with E-state index < -0.39 is 17.8 Å². The zero-order chi connectivity index (χ0) is 15.7. The van der Waals surface area contributed by atoms with E-state index in [0.717, 1.165) is 18.9 Å². The largest absolute Gasteiger partial charge is 0.478 e. The number of aromatic carboxylic acids is 1. The lowest BCUT2D eigenvalue weighted by molar-refractivity contribution is -0.141. The van der Waals surface area contributed by atoms with E-state index in [1.165, 1.54) is 0 Å². The predicted molar refractivity (Wildman–Crippen MR) is 68.1 cm³/mol. The third-order valence-electron chi connectivity index (χ3n) is 3.65. The molecular formula is C13H15F3N2O3. The average molecular weight is 304 g/mol. The molecule has 1 saturated carbocycles. The van der Waals surface area contributed by atoms with Gasteiger partial charge < -0.3 is 15.5 Å². The predicted octanol–water partition coefficient (Wildman–Crippen LogP) is 2.37. The second kappa shape index (κ2) is 5.51. The number of rotatable bonds is 6. The molecule has 0 aromatic carbocycles. The Morgan fingerprint density at radius 2 is 2.05 bits per heavy atom. The molecular weight excluding hydrogens is 289 g/mol. The van der Waals surface area contributed by atoms with E-state index in [0.29, 0.717) is 19.0 Å². The average Bonchev–Trinajstić information content (AvgIpc) is 3.15. The van der Waals surface area contributed by atoms with E-state index in [9.17, 15) is 18.0 Å². The molecule has 2 rings (SSSR count). The maximum absolute atomic E-state index is 12.6. The van der Waals surface area contributed by atoms with Crippen LogP contribution < -0.4 is 5.32 Å². The Morgan fingerprint density at radius 1 is 1.38 bits per heavy atom. The van der Waals surface area contributed by atoms with Crippen LogP contribution in [0.15, 0.2) is 12.1 Å². The summed E-state index contributed by atoms with van der Waals surface area (Å²) in [7, 11) is 0. The first-order valence-corrected chi connectivity index (χ1v) is 6.44. The van der Waals surface area contributed by atoms with Gasteiger partial charge in [0.2, 0.25) is 0 Å². The fraction of sp³-hybridized carbons (Fsp3) is 0.538. The molecule has 8 heteroatoms. The van der Waals surface area contributed by atoms with Crippen LogP contribution in [0.2, 0.25) is 0 Å². The molecule has 0 amide bonds. The number of anilines is 1. The molecule has 1 heterocycles. The topological polar surface area (TPSA) is 82.5 Å². The number of aromatic nitrogens is 1. The minimum atomic E-state index is -4.63. The summed E-state index contributed by atoms with van der Waals surface area (Å²) in [4.78, 5) is 14.4. The third-order valence-corrected chi connectivity index (χ3v) is 3.65. The first-order valence-electron chi connectivity index (χ1n) is 6.44. The van der Waals surface area contributed by atoms with Crippen LogP contribution in [-0.4, -0.2) is 34.3 Å². The Labute approximate surface area is 118 Å². The van der Waals surface area contributed by atoms with Crippen molar-refractivity contribution < 1.29 is 28.2 Å². The summed E-state index contributed by atoms with van der Waals surface area (Å²) in [6.07, 6.45) is -2.40. The van der Waals surface area contributed by atoms with Crippen LogP contribution in [0.3, 0.4) is 0 Å². The minimum Gasteiger partial charge on any atom is -0.478 e. The molecule has 0 saturated heterocycles. The maximum atomic E-state index is 12.6. The highest BCUT2D eigenvalue weighted by Crippen LogP contribution is 2.48. The van der Waals surface area contributed by atoms with Crippen molar-refractivity contribution in [3.8, 4) is 0 Å². The smallest absolute Gasteiger partial charge is 0.433 e. The SMILES string of the molecule is O=C(O)c1ccc(C(F)(F)F)nc1NCC1(CCO)CC1. The summed E-state index contributed by atoms with van der Waals surface area (Å²) in [6, 6.07) is 1.54. The van der Waals surface area contributed by atoms with Crippen molar-refractivity contribution in [3.63, 3.8) is 0 Å². The van der Waals surface area contributed by atoms with Crippen molar-refractivity contribution >= 4 is 11.8 Å². The van der Waals surface area contributed by atoms with Gasteiger partial charge in [0.25, 0.3) is 0 Å². The van der Waals surface area contributed by atoms with Gasteiger partial charge in [-0.2, -0.15) is 13.2 Å². The summed E-state index contributed by atoms with van der Waals surface area (Å²) in [6.45, 7) is 0.283. The molecule has 5 nitrogen and oxygen atoms in total. The van der Waals surface area contributed by atoms with E-state index in [1.807, 2.05) is 0 Å². The molecule has 21 heavy (non-hydrogen) atoms. The number of carbonyl (C=O) groups is 1. The van der Waals surface area contributed by atoms with Gasteiger partial charge in [0.15, 0.2) is 0 Å². The van der Waals surface area contributed by atoms with Crippen LogP contribution in [0.25, 0.3) is 0 Å². The molecule has 1 aliphatic carbocycles. The Balaban J connectivity index is 2.21. The highest BCUT2D eigenvalue weighted by Gasteiger charge is 2.42. The standard InChI is InChI=1S/C13H15F3N2O3/c14-13(15,16)9-2-1-8(11(20)21)10(18-9)17-7-12(3-4-12)5-6-19/h1-2,19H,3-7H2,(H,17,18)(H,20,21). The molecule has 0 unspecified atom stereocenters. The zero-order valence-corrected chi connectivity index (χ0v) is 11.1. The fourth-order valence-corrected chi connectivity index (χ4v) is 2.12. The minimum absolute atomic E-state index is 0.0104. The number of aliphatic hydroxyl groups excluding tert-OH is 1. The lowest BCUT2D eigenvalue weighted by Gasteiger charge is -2.17. The summed E-state index contributed by atoms with van der Waals surface area (Å²) < 4.78 is 37.9. The highest BCUT2D eigenvalue weighted by molar-refractivity contribution is 5.93. The Morgan fingerprint density at radius 3 is 2.52 bits per heavy atom. The molecule has 116 valence electrons. The molecule has 1 fully saturated rings. The summed E-state index contributed by atoms with van der Waals surface area (Å²) in [5.41, 5.74) is -1.61. The van der Waals surface area contributed by atoms with Gasteiger partial charge in [-0.15, -0.1) is 0 Å². The summed E-state index contributed by atoms with van der Waals surface area (Å²) in [5, 5.41) is 20.6. The Kier molecular flexibility index (Phi) is 4.08. The number of nitrogens with one attached hydrogen (secondary N) is 1. The second-order valence-electron chi connectivity index (χ2n) is 5.22. The van der Waals surface area contributed by atoms with Gasteiger partial charge in [-0.1, -0.05) is 0 Å². The lowest BCUT2D eigenvalue weighted by atomic mass is 10.0. The number of hydrogen-bond acceptors (Lipinski definition) is 4. The van der Waals surface area contributed by atoms with Gasteiger partial charge in [0.05, 0.1) is 0 Å². The molecule has 3 N–H and O–H groups in total. The Hall–Kier alpha value is -1.83. The van der Waals surface area contributed by atoms with Gasteiger partial charge >= 0.3 is 12.1 Å².